The summed E-state index contributed by atoms with van der Waals surface area (Å²) in [6.07, 6.45) is 1.02. The van der Waals surface area contributed by atoms with E-state index in [0.717, 1.165) is 18.7 Å². The number of benzene rings is 1. The zero-order chi connectivity index (χ0) is 15.4. The van der Waals surface area contributed by atoms with Crippen molar-refractivity contribution in [2.75, 3.05) is 13.7 Å². The summed E-state index contributed by atoms with van der Waals surface area (Å²) in [7, 11) is 1.72. The molecule has 1 atom stereocenters. The van der Waals surface area contributed by atoms with Gasteiger partial charge in [-0.2, -0.15) is 0 Å². The van der Waals surface area contributed by atoms with Crippen LogP contribution in [-0.4, -0.2) is 13.7 Å². The van der Waals surface area contributed by atoms with E-state index in [1.165, 1.54) is 27.1 Å². The van der Waals surface area contributed by atoms with Gasteiger partial charge in [0.1, 0.15) is 5.75 Å². The molecule has 0 aliphatic carbocycles. The topological polar surface area (TPSA) is 21.3 Å². The molecule has 0 amide bonds. The minimum absolute atomic E-state index is 0.351. The quantitative estimate of drug-likeness (QED) is 0.843. The van der Waals surface area contributed by atoms with Crippen LogP contribution in [0.2, 0.25) is 0 Å². The normalized spacial score (nSPS) is 12.4. The lowest BCUT2D eigenvalue weighted by molar-refractivity contribution is 0.415. The van der Waals surface area contributed by atoms with Crippen LogP contribution in [0.1, 0.15) is 40.1 Å². The van der Waals surface area contributed by atoms with E-state index in [9.17, 15) is 0 Å². The first kappa shape index (κ1) is 16.1. The van der Waals surface area contributed by atoms with Crippen LogP contribution in [0.3, 0.4) is 0 Å². The number of hydrogen-bond donors (Lipinski definition) is 1. The van der Waals surface area contributed by atoms with Gasteiger partial charge in [-0.3, -0.25) is 0 Å². The predicted octanol–water partition coefficient (Wildman–Crippen LogP) is 4.58. The summed E-state index contributed by atoms with van der Waals surface area (Å²) in [6.45, 7) is 9.72. The molecule has 0 aliphatic rings. The van der Waals surface area contributed by atoms with E-state index in [0.29, 0.717) is 6.04 Å². The van der Waals surface area contributed by atoms with Crippen molar-refractivity contribution in [3.8, 4) is 5.75 Å². The Kier molecular flexibility index (Phi) is 5.43. The monoisotopic (exact) mass is 303 g/mol. The van der Waals surface area contributed by atoms with Gasteiger partial charge in [0.2, 0.25) is 0 Å². The van der Waals surface area contributed by atoms with Crippen LogP contribution in [0.4, 0.5) is 0 Å². The second-order valence-electron chi connectivity index (χ2n) is 5.58. The Balaban J connectivity index is 2.28. The highest BCUT2D eigenvalue weighted by Crippen LogP contribution is 2.30. The second-order valence-corrected chi connectivity index (χ2v) is 6.52. The second kappa shape index (κ2) is 7.10. The predicted molar refractivity (Wildman–Crippen MR) is 91.6 cm³/mol. The van der Waals surface area contributed by atoms with Gasteiger partial charge >= 0.3 is 0 Å². The van der Waals surface area contributed by atoms with Gasteiger partial charge < -0.3 is 10.1 Å². The lowest BCUT2D eigenvalue weighted by Gasteiger charge is -2.20. The van der Waals surface area contributed by atoms with Gasteiger partial charge in [0.05, 0.1) is 7.11 Å². The smallest absolute Gasteiger partial charge is 0.129 e. The molecule has 0 fully saturated rings. The Labute approximate surface area is 132 Å². The first-order valence-electron chi connectivity index (χ1n) is 7.47. The molecule has 1 N–H and O–H groups in total. The molecule has 0 radical (unpaired) electrons. The number of hydrogen-bond acceptors (Lipinski definition) is 3. The molecule has 0 saturated carbocycles. The van der Waals surface area contributed by atoms with E-state index >= 15 is 0 Å². The van der Waals surface area contributed by atoms with E-state index in [4.69, 9.17) is 4.74 Å². The SMILES string of the molecule is CCNC(Cc1c(C)cc(C)cc1C)c1cc(OC)cs1. The molecule has 0 saturated heterocycles. The summed E-state index contributed by atoms with van der Waals surface area (Å²) in [5, 5.41) is 5.69. The number of nitrogens with one attached hydrogen (secondary N) is 1. The Hall–Kier alpha value is -1.32. The van der Waals surface area contributed by atoms with Crippen molar-refractivity contribution >= 4 is 11.3 Å². The lowest BCUT2D eigenvalue weighted by Crippen LogP contribution is -2.22. The summed E-state index contributed by atoms with van der Waals surface area (Å²) < 4.78 is 5.32. The molecule has 2 nitrogen and oxygen atoms in total. The summed E-state index contributed by atoms with van der Waals surface area (Å²) >= 11 is 1.77. The van der Waals surface area contributed by atoms with E-state index in [-0.39, 0.29) is 0 Å². The molecule has 2 aromatic rings. The molecule has 114 valence electrons. The van der Waals surface area contributed by atoms with E-state index in [1.54, 1.807) is 18.4 Å². The third-order valence-corrected chi connectivity index (χ3v) is 4.90. The molecule has 0 bridgehead atoms. The van der Waals surface area contributed by atoms with Crippen molar-refractivity contribution < 1.29 is 4.74 Å². The average Bonchev–Trinajstić information content (AvgIpc) is 2.90. The molecule has 21 heavy (non-hydrogen) atoms. The fourth-order valence-corrected chi connectivity index (χ4v) is 3.81. The van der Waals surface area contributed by atoms with Crippen molar-refractivity contribution in [3.63, 3.8) is 0 Å². The minimum Gasteiger partial charge on any atom is -0.496 e. The molecule has 3 heteroatoms. The maximum Gasteiger partial charge on any atom is 0.129 e. The van der Waals surface area contributed by atoms with Crippen LogP contribution in [0, 0.1) is 20.8 Å². The zero-order valence-corrected chi connectivity index (χ0v) is 14.4. The molecule has 2 rings (SSSR count). The molecular weight excluding hydrogens is 278 g/mol. The highest BCUT2D eigenvalue weighted by molar-refractivity contribution is 7.10. The van der Waals surface area contributed by atoms with Gasteiger partial charge in [0.25, 0.3) is 0 Å². The largest absolute Gasteiger partial charge is 0.496 e. The number of aryl methyl sites for hydroxylation is 3. The van der Waals surface area contributed by atoms with Crippen LogP contribution < -0.4 is 10.1 Å². The lowest BCUT2D eigenvalue weighted by atomic mass is 9.94. The minimum atomic E-state index is 0.351. The van der Waals surface area contributed by atoms with Crippen LogP contribution in [0.15, 0.2) is 23.6 Å². The average molecular weight is 303 g/mol. The Morgan fingerprint density at radius 3 is 2.33 bits per heavy atom. The molecule has 1 heterocycles. The molecule has 0 spiro atoms. The van der Waals surface area contributed by atoms with Crippen molar-refractivity contribution in [2.24, 2.45) is 0 Å². The van der Waals surface area contributed by atoms with E-state index in [2.05, 4.69) is 56.6 Å². The van der Waals surface area contributed by atoms with E-state index in [1.807, 2.05) is 0 Å². The first-order valence-corrected chi connectivity index (χ1v) is 8.35. The first-order chi connectivity index (χ1) is 10.0. The maximum absolute atomic E-state index is 5.32. The molecule has 0 aliphatic heterocycles. The van der Waals surface area contributed by atoms with Crippen LogP contribution >= 0.6 is 11.3 Å². The van der Waals surface area contributed by atoms with Crippen LogP contribution in [0.25, 0.3) is 0 Å². The maximum atomic E-state index is 5.32. The van der Waals surface area contributed by atoms with Crippen LogP contribution in [0.5, 0.6) is 5.75 Å². The number of methoxy groups -OCH3 is 1. The molecular formula is C18H25NOS. The number of likely N-dealkylation sites (N-methyl/N-ethyl adjacent to an activating group) is 1. The van der Waals surface area contributed by atoms with Gasteiger partial charge in [-0.25, -0.2) is 0 Å². The molecule has 1 unspecified atom stereocenters. The highest BCUT2D eigenvalue weighted by Gasteiger charge is 2.16. The number of ether oxygens (including phenoxy) is 1. The Bertz CT molecular complexity index is 580. The zero-order valence-electron chi connectivity index (χ0n) is 13.6. The molecule has 1 aromatic heterocycles. The van der Waals surface area contributed by atoms with Crippen LogP contribution in [-0.2, 0) is 6.42 Å². The van der Waals surface area contributed by atoms with Gasteiger partial charge in [-0.15, -0.1) is 11.3 Å². The highest BCUT2D eigenvalue weighted by atomic mass is 32.1. The Morgan fingerprint density at radius 1 is 1.14 bits per heavy atom. The van der Waals surface area contributed by atoms with Gasteiger partial charge in [-0.1, -0.05) is 24.6 Å². The van der Waals surface area contributed by atoms with Gasteiger partial charge in [-0.05, 0) is 56.5 Å². The standard InChI is InChI=1S/C18H25NOS/c1-6-19-17(18-9-15(20-5)11-21-18)10-16-13(3)7-12(2)8-14(16)4/h7-9,11,17,19H,6,10H2,1-5H3. The van der Waals surface area contributed by atoms with Gasteiger partial charge in [0, 0.05) is 16.3 Å². The summed E-state index contributed by atoms with van der Waals surface area (Å²) in [5.74, 6) is 0.954. The summed E-state index contributed by atoms with van der Waals surface area (Å²) in [6, 6.07) is 7.06. The fourth-order valence-electron chi connectivity index (χ4n) is 2.88. The van der Waals surface area contributed by atoms with Gasteiger partial charge in [0.15, 0.2) is 0 Å². The van der Waals surface area contributed by atoms with Crippen molar-refractivity contribution in [2.45, 2.75) is 40.2 Å². The number of rotatable bonds is 6. The third kappa shape index (κ3) is 3.86. The fraction of sp³-hybridized carbons (Fsp3) is 0.444. The third-order valence-electron chi connectivity index (χ3n) is 3.87. The summed E-state index contributed by atoms with van der Waals surface area (Å²) in [4.78, 5) is 1.34. The van der Waals surface area contributed by atoms with Crippen molar-refractivity contribution in [3.05, 3.63) is 50.7 Å². The molecule has 1 aromatic carbocycles. The van der Waals surface area contributed by atoms with Crippen molar-refractivity contribution in [1.29, 1.82) is 0 Å². The summed E-state index contributed by atoms with van der Waals surface area (Å²) in [5.41, 5.74) is 5.57. The Morgan fingerprint density at radius 2 is 1.81 bits per heavy atom. The number of thiophene rings is 1. The van der Waals surface area contributed by atoms with Crippen molar-refractivity contribution in [1.82, 2.24) is 5.32 Å². The van der Waals surface area contributed by atoms with E-state index < -0.39 is 0 Å².